The second-order valence-corrected chi connectivity index (χ2v) is 7.09. The Morgan fingerprint density at radius 3 is 2.46 bits per heavy atom. The number of hydrogen-bond donors (Lipinski definition) is 2. The van der Waals surface area contributed by atoms with Gasteiger partial charge in [0.1, 0.15) is 5.02 Å². The molecule has 0 fully saturated rings. The van der Waals surface area contributed by atoms with E-state index in [9.17, 15) is 19.7 Å². The van der Waals surface area contributed by atoms with Gasteiger partial charge in [-0.05, 0) is 41.3 Å². The van der Waals surface area contributed by atoms with Gasteiger partial charge in [-0.15, -0.1) is 11.3 Å². The lowest BCUT2D eigenvalue weighted by Gasteiger charge is -2.07. The van der Waals surface area contributed by atoms with Crippen LogP contribution in [0.15, 0.2) is 60.0 Å². The molecule has 0 saturated heterocycles. The second kappa shape index (κ2) is 8.64. The van der Waals surface area contributed by atoms with E-state index in [1.54, 1.807) is 30.3 Å². The summed E-state index contributed by atoms with van der Waals surface area (Å²) in [5.74, 6) is -0.563. The van der Waals surface area contributed by atoms with E-state index < -0.39 is 10.8 Å². The maximum absolute atomic E-state index is 12.3. The number of nitro benzene ring substituents is 1. The van der Waals surface area contributed by atoms with Crippen LogP contribution in [-0.4, -0.2) is 16.7 Å². The van der Waals surface area contributed by atoms with E-state index in [1.807, 2.05) is 11.4 Å². The lowest BCUT2D eigenvalue weighted by Crippen LogP contribution is -2.21. The Morgan fingerprint density at radius 1 is 1.07 bits per heavy atom. The molecule has 0 saturated carbocycles. The smallest absolute Gasteiger partial charge is 0.289 e. The molecular formula is C19H14ClN3O4S. The van der Waals surface area contributed by atoms with E-state index in [0.29, 0.717) is 17.0 Å². The topological polar surface area (TPSA) is 101 Å². The van der Waals surface area contributed by atoms with Crippen molar-refractivity contribution in [3.8, 4) is 0 Å². The van der Waals surface area contributed by atoms with Crippen molar-refractivity contribution < 1.29 is 14.5 Å². The fourth-order valence-electron chi connectivity index (χ4n) is 2.38. The van der Waals surface area contributed by atoms with E-state index in [1.165, 1.54) is 29.5 Å². The molecular weight excluding hydrogens is 402 g/mol. The molecule has 0 bridgehead atoms. The van der Waals surface area contributed by atoms with Crippen LogP contribution < -0.4 is 10.6 Å². The van der Waals surface area contributed by atoms with Gasteiger partial charge in [-0.2, -0.15) is 0 Å². The van der Waals surface area contributed by atoms with E-state index in [2.05, 4.69) is 10.6 Å². The van der Waals surface area contributed by atoms with Crippen molar-refractivity contribution in [3.05, 3.63) is 91.1 Å². The number of nitrogens with zero attached hydrogens (tertiary/aromatic N) is 1. The van der Waals surface area contributed by atoms with Gasteiger partial charge in [0.25, 0.3) is 17.5 Å². The van der Waals surface area contributed by atoms with Gasteiger partial charge in [0.15, 0.2) is 0 Å². The Kier molecular flexibility index (Phi) is 6.03. The molecule has 142 valence electrons. The largest absolute Gasteiger partial charge is 0.347 e. The zero-order valence-corrected chi connectivity index (χ0v) is 15.9. The monoisotopic (exact) mass is 415 g/mol. The fourth-order valence-corrected chi connectivity index (χ4v) is 3.21. The predicted octanol–water partition coefficient (Wildman–Crippen LogP) is 4.49. The van der Waals surface area contributed by atoms with Crippen LogP contribution in [0.1, 0.15) is 25.6 Å². The molecule has 28 heavy (non-hydrogen) atoms. The predicted molar refractivity (Wildman–Crippen MR) is 108 cm³/mol. The van der Waals surface area contributed by atoms with Crippen molar-refractivity contribution in [1.82, 2.24) is 5.32 Å². The van der Waals surface area contributed by atoms with Crippen LogP contribution in [0.3, 0.4) is 0 Å². The van der Waals surface area contributed by atoms with Gasteiger partial charge in [-0.25, -0.2) is 0 Å². The average molecular weight is 416 g/mol. The van der Waals surface area contributed by atoms with Crippen molar-refractivity contribution >= 4 is 46.1 Å². The summed E-state index contributed by atoms with van der Waals surface area (Å²) in [4.78, 5) is 35.2. The van der Waals surface area contributed by atoms with E-state index >= 15 is 0 Å². The molecule has 3 rings (SSSR count). The van der Waals surface area contributed by atoms with E-state index in [0.717, 1.165) is 5.56 Å². The molecule has 7 nitrogen and oxygen atoms in total. The zero-order valence-electron chi connectivity index (χ0n) is 14.3. The molecule has 1 heterocycles. The van der Waals surface area contributed by atoms with Crippen molar-refractivity contribution in [1.29, 1.82) is 0 Å². The first-order valence-corrected chi connectivity index (χ1v) is 9.36. The molecule has 9 heteroatoms. The minimum atomic E-state index is -0.614. The molecule has 0 atom stereocenters. The first kappa shape index (κ1) is 19.5. The quantitative estimate of drug-likeness (QED) is 0.457. The summed E-state index contributed by atoms with van der Waals surface area (Å²) in [6, 6.07) is 14.3. The van der Waals surface area contributed by atoms with Crippen molar-refractivity contribution in [2.24, 2.45) is 0 Å². The summed E-state index contributed by atoms with van der Waals surface area (Å²) >= 11 is 7.12. The maximum Gasteiger partial charge on any atom is 0.289 e. The van der Waals surface area contributed by atoms with Gasteiger partial charge in [0.05, 0.1) is 9.80 Å². The Labute approximate surface area is 169 Å². The Balaban J connectivity index is 1.61. The first-order chi connectivity index (χ1) is 13.4. The summed E-state index contributed by atoms with van der Waals surface area (Å²) in [7, 11) is 0. The van der Waals surface area contributed by atoms with Gasteiger partial charge >= 0.3 is 0 Å². The number of benzene rings is 2. The average Bonchev–Trinajstić information content (AvgIpc) is 3.22. The minimum Gasteiger partial charge on any atom is -0.347 e. The van der Waals surface area contributed by atoms with Crippen LogP contribution in [0.25, 0.3) is 0 Å². The summed E-state index contributed by atoms with van der Waals surface area (Å²) < 4.78 is 0. The number of amides is 2. The highest BCUT2D eigenvalue weighted by molar-refractivity contribution is 7.12. The molecule has 0 radical (unpaired) electrons. The SMILES string of the molecule is O=C(Nc1ccc(Cl)c([N+](=O)[O-])c1)c1ccc(CNC(=O)c2cccs2)cc1. The van der Waals surface area contributed by atoms with Crippen molar-refractivity contribution in [2.75, 3.05) is 5.32 Å². The van der Waals surface area contributed by atoms with Crippen LogP contribution in [0.4, 0.5) is 11.4 Å². The highest BCUT2D eigenvalue weighted by atomic mass is 35.5. The van der Waals surface area contributed by atoms with Crippen LogP contribution in [-0.2, 0) is 6.54 Å². The van der Waals surface area contributed by atoms with Gasteiger partial charge in [0, 0.05) is 23.9 Å². The van der Waals surface area contributed by atoms with E-state index in [-0.39, 0.29) is 22.3 Å². The van der Waals surface area contributed by atoms with E-state index in [4.69, 9.17) is 11.6 Å². The van der Waals surface area contributed by atoms with Gasteiger partial charge < -0.3 is 10.6 Å². The number of halogens is 1. The normalized spacial score (nSPS) is 10.3. The molecule has 0 aliphatic heterocycles. The standard InChI is InChI=1S/C19H14ClN3O4S/c20-15-8-7-14(10-16(15)23(26)27)22-18(24)13-5-3-12(4-6-13)11-21-19(25)17-2-1-9-28-17/h1-10H,11H2,(H,21,25)(H,22,24). The molecule has 0 aliphatic carbocycles. The third-order valence-electron chi connectivity index (χ3n) is 3.81. The third-order valence-corrected chi connectivity index (χ3v) is 5.00. The summed E-state index contributed by atoms with van der Waals surface area (Å²) in [5, 5.41) is 18.2. The zero-order chi connectivity index (χ0) is 20.1. The molecule has 1 aromatic heterocycles. The lowest BCUT2D eigenvalue weighted by molar-refractivity contribution is -0.384. The summed E-state index contributed by atoms with van der Waals surface area (Å²) in [5.41, 5.74) is 1.21. The van der Waals surface area contributed by atoms with Gasteiger partial charge in [-0.1, -0.05) is 29.8 Å². The molecule has 2 N–H and O–H groups in total. The number of anilines is 1. The number of nitrogens with one attached hydrogen (secondary N) is 2. The summed E-state index contributed by atoms with van der Waals surface area (Å²) in [6.07, 6.45) is 0. The number of nitro groups is 1. The second-order valence-electron chi connectivity index (χ2n) is 5.73. The number of carbonyl (C=O) groups is 2. The first-order valence-electron chi connectivity index (χ1n) is 8.10. The van der Waals surface area contributed by atoms with Crippen molar-refractivity contribution in [3.63, 3.8) is 0 Å². The highest BCUT2D eigenvalue weighted by Gasteiger charge is 2.14. The number of carbonyl (C=O) groups excluding carboxylic acids is 2. The molecule has 2 aromatic carbocycles. The van der Waals surface area contributed by atoms with Crippen molar-refractivity contribution in [2.45, 2.75) is 6.54 Å². The molecule has 2 amide bonds. The number of hydrogen-bond acceptors (Lipinski definition) is 5. The molecule has 0 aliphatic rings. The highest BCUT2D eigenvalue weighted by Crippen LogP contribution is 2.27. The molecule has 3 aromatic rings. The number of rotatable bonds is 6. The molecule has 0 spiro atoms. The van der Waals surface area contributed by atoms with Crippen LogP contribution in [0, 0.1) is 10.1 Å². The summed E-state index contributed by atoms with van der Waals surface area (Å²) in [6.45, 7) is 0.335. The Hall–Kier alpha value is -3.23. The third kappa shape index (κ3) is 4.73. The van der Waals surface area contributed by atoms with Crippen LogP contribution >= 0.6 is 22.9 Å². The molecule has 0 unspecified atom stereocenters. The van der Waals surface area contributed by atoms with Crippen LogP contribution in [0.5, 0.6) is 0 Å². The van der Waals surface area contributed by atoms with Crippen LogP contribution in [0.2, 0.25) is 5.02 Å². The van der Waals surface area contributed by atoms with Gasteiger partial charge in [0.2, 0.25) is 0 Å². The fraction of sp³-hybridized carbons (Fsp3) is 0.0526. The Bertz CT molecular complexity index is 1020. The number of thiophene rings is 1. The Morgan fingerprint density at radius 2 is 1.82 bits per heavy atom. The minimum absolute atomic E-state index is 0.00283. The lowest BCUT2D eigenvalue weighted by atomic mass is 10.1. The maximum atomic E-state index is 12.3. The van der Waals surface area contributed by atoms with Gasteiger partial charge in [-0.3, -0.25) is 19.7 Å².